The second-order valence-electron chi connectivity index (χ2n) is 8.96. The molecule has 4 aliphatic rings. The summed E-state index contributed by atoms with van der Waals surface area (Å²) in [5, 5.41) is 0. The molecule has 1 saturated heterocycles. The lowest BCUT2D eigenvalue weighted by atomic mass is 9.55. The predicted molar refractivity (Wildman–Crippen MR) is 124 cm³/mol. The molecule has 2 bridgehead atoms. The van der Waals surface area contributed by atoms with Gasteiger partial charge in [-0.15, -0.1) is 0 Å². The van der Waals surface area contributed by atoms with Crippen LogP contribution < -0.4 is 4.74 Å². The highest BCUT2D eigenvalue weighted by atomic mass is 16.5. The Balaban J connectivity index is 1.23. The van der Waals surface area contributed by atoms with Crippen molar-refractivity contribution in [1.29, 1.82) is 0 Å². The number of ether oxygens (including phenoxy) is 2. The Labute approximate surface area is 197 Å². The molecular weight excluding hydrogens is 430 g/mol. The van der Waals surface area contributed by atoms with Gasteiger partial charge in [0.05, 0.1) is 31.1 Å². The number of rotatable bonds is 5. The van der Waals surface area contributed by atoms with Crippen molar-refractivity contribution in [2.75, 3.05) is 20.3 Å². The number of methoxy groups -OCH3 is 1. The molecule has 0 N–H and O–H groups in total. The molecule has 0 aromatic heterocycles. The molecule has 6 heteroatoms. The van der Waals surface area contributed by atoms with Gasteiger partial charge in [-0.25, -0.2) is 4.79 Å². The summed E-state index contributed by atoms with van der Waals surface area (Å²) in [4.78, 5) is 40.7. The van der Waals surface area contributed by atoms with Crippen molar-refractivity contribution in [3.63, 3.8) is 0 Å². The average Bonchev–Trinajstić information content (AvgIpc) is 3.14. The lowest BCUT2D eigenvalue weighted by molar-refractivity contribution is -0.140. The molecule has 1 heterocycles. The first kappa shape index (κ1) is 20.7. The van der Waals surface area contributed by atoms with Crippen molar-refractivity contribution in [3.05, 3.63) is 101 Å². The molecule has 7 rings (SSSR count). The third-order valence-electron chi connectivity index (χ3n) is 7.41. The van der Waals surface area contributed by atoms with E-state index in [0.717, 1.165) is 22.3 Å². The summed E-state index contributed by atoms with van der Waals surface area (Å²) in [5.74, 6) is -1.30. The van der Waals surface area contributed by atoms with Crippen LogP contribution in [0.1, 0.15) is 44.4 Å². The Hall–Kier alpha value is -3.93. The number of carbonyl (C=O) groups excluding carboxylic acids is 3. The average molecular weight is 453 g/mol. The molecule has 0 spiro atoms. The molecule has 170 valence electrons. The first-order valence-electron chi connectivity index (χ1n) is 11.4. The minimum absolute atomic E-state index is 0.0446. The van der Waals surface area contributed by atoms with Crippen LogP contribution in [-0.4, -0.2) is 42.9 Å². The van der Waals surface area contributed by atoms with Crippen molar-refractivity contribution in [2.45, 2.75) is 11.8 Å². The van der Waals surface area contributed by atoms with E-state index in [9.17, 15) is 14.4 Å². The largest absolute Gasteiger partial charge is 0.497 e. The number of carbonyl (C=O) groups is 3. The van der Waals surface area contributed by atoms with Gasteiger partial charge in [-0.05, 0) is 46.5 Å². The molecule has 2 atom stereocenters. The fraction of sp³-hybridized carbons (Fsp3) is 0.250. The van der Waals surface area contributed by atoms with Gasteiger partial charge in [0.2, 0.25) is 11.8 Å². The third-order valence-corrected chi connectivity index (χ3v) is 7.41. The third kappa shape index (κ3) is 2.91. The van der Waals surface area contributed by atoms with Crippen molar-refractivity contribution in [1.82, 2.24) is 4.90 Å². The lowest BCUT2D eigenvalue weighted by Crippen LogP contribution is -2.41. The highest BCUT2D eigenvalue weighted by Crippen LogP contribution is 2.60. The molecule has 1 fully saturated rings. The van der Waals surface area contributed by atoms with Gasteiger partial charge >= 0.3 is 5.97 Å². The molecule has 1 aliphatic heterocycles. The number of hydrogen-bond acceptors (Lipinski definition) is 5. The van der Waals surface area contributed by atoms with E-state index in [-0.39, 0.29) is 36.8 Å². The maximum absolute atomic E-state index is 13.5. The van der Waals surface area contributed by atoms with E-state index in [0.29, 0.717) is 11.3 Å². The van der Waals surface area contributed by atoms with Gasteiger partial charge in [0.1, 0.15) is 12.4 Å². The Morgan fingerprint density at radius 3 is 1.68 bits per heavy atom. The van der Waals surface area contributed by atoms with Crippen LogP contribution in [-0.2, 0) is 14.3 Å². The van der Waals surface area contributed by atoms with E-state index in [2.05, 4.69) is 24.3 Å². The van der Waals surface area contributed by atoms with E-state index in [1.165, 1.54) is 4.90 Å². The van der Waals surface area contributed by atoms with Crippen LogP contribution in [0, 0.1) is 11.8 Å². The standard InChI is InChI=1S/C28H23NO5/c1-33-17-12-10-16(11-13-17)28(32)34-15-14-29-26(30)24-22-18-6-2-3-7-19(18)23(25(24)27(29)31)21-9-5-4-8-20(21)22/h2-13,22-25H,14-15H2,1H3/t22?,23?,24-,25-/m1/s1. The van der Waals surface area contributed by atoms with Gasteiger partial charge in [0.25, 0.3) is 0 Å². The molecule has 2 amide bonds. The summed E-state index contributed by atoms with van der Waals surface area (Å²) < 4.78 is 10.5. The van der Waals surface area contributed by atoms with Gasteiger partial charge in [-0.1, -0.05) is 48.5 Å². The van der Waals surface area contributed by atoms with Gasteiger partial charge in [-0.3, -0.25) is 14.5 Å². The molecule has 3 aliphatic carbocycles. The fourth-order valence-electron chi connectivity index (χ4n) is 6.00. The van der Waals surface area contributed by atoms with E-state index in [1.807, 2.05) is 24.3 Å². The molecule has 3 aromatic rings. The maximum Gasteiger partial charge on any atom is 0.338 e. The smallest absolute Gasteiger partial charge is 0.338 e. The van der Waals surface area contributed by atoms with Crippen LogP contribution in [0.4, 0.5) is 0 Å². The molecule has 0 unspecified atom stereocenters. The molecule has 34 heavy (non-hydrogen) atoms. The van der Waals surface area contributed by atoms with E-state index in [4.69, 9.17) is 9.47 Å². The van der Waals surface area contributed by atoms with E-state index >= 15 is 0 Å². The number of amides is 2. The van der Waals surface area contributed by atoms with Crippen molar-refractivity contribution >= 4 is 17.8 Å². The summed E-state index contributed by atoms with van der Waals surface area (Å²) in [6.07, 6.45) is 0. The summed E-state index contributed by atoms with van der Waals surface area (Å²) in [7, 11) is 1.55. The molecule has 0 radical (unpaired) electrons. The van der Waals surface area contributed by atoms with Crippen LogP contribution in [0.2, 0.25) is 0 Å². The fourth-order valence-corrected chi connectivity index (χ4v) is 6.00. The van der Waals surface area contributed by atoms with Crippen LogP contribution in [0.15, 0.2) is 72.8 Å². The Morgan fingerprint density at radius 1 is 0.765 bits per heavy atom. The first-order chi connectivity index (χ1) is 16.6. The van der Waals surface area contributed by atoms with Crippen molar-refractivity contribution in [2.24, 2.45) is 11.8 Å². The van der Waals surface area contributed by atoms with Crippen LogP contribution in [0.5, 0.6) is 5.75 Å². The van der Waals surface area contributed by atoms with E-state index in [1.54, 1.807) is 31.4 Å². The summed E-state index contributed by atoms with van der Waals surface area (Å²) in [6, 6.07) is 22.9. The molecule has 6 nitrogen and oxygen atoms in total. The van der Waals surface area contributed by atoms with Gasteiger partial charge in [0, 0.05) is 11.8 Å². The number of hydrogen-bond donors (Lipinski definition) is 0. The molecular formula is C28H23NO5. The highest BCUT2D eigenvalue weighted by Gasteiger charge is 2.61. The topological polar surface area (TPSA) is 72.9 Å². The number of likely N-dealkylation sites (tertiary alicyclic amines) is 1. The predicted octanol–water partition coefficient (Wildman–Crippen LogP) is 3.74. The number of nitrogens with zero attached hydrogens (tertiary/aromatic N) is 1. The van der Waals surface area contributed by atoms with Gasteiger partial charge in [0.15, 0.2) is 0 Å². The van der Waals surface area contributed by atoms with Crippen LogP contribution in [0.25, 0.3) is 0 Å². The van der Waals surface area contributed by atoms with E-state index < -0.39 is 17.8 Å². The van der Waals surface area contributed by atoms with Crippen molar-refractivity contribution in [3.8, 4) is 5.75 Å². The quantitative estimate of drug-likeness (QED) is 0.435. The lowest BCUT2D eigenvalue weighted by Gasteiger charge is -2.45. The van der Waals surface area contributed by atoms with Gasteiger partial charge in [-0.2, -0.15) is 0 Å². The van der Waals surface area contributed by atoms with Crippen molar-refractivity contribution < 1.29 is 23.9 Å². The Bertz CT molecular complexity index is 1200. The maximum atomic E-state index is 13.5. The monoisotopic (exact) mass is 453 g/mol. The number of imide groups is 1. The first-order valence-corrected chi connectivity index (χ1v) is 11.4. The van der Waals surface area contributed by atoms with Crippen LogP contribution >= 0.6 is 0 Å². The molecule has 0 saturated carbocycles. The number of benzene rings is 3. The zero-order valence-corrected chi connectivity index (χ0v) is 18.6. The highest BCUT2D eigenvalue weighted by molar-refractivity contribution is 6.07. The Morgan fingerprint density at radius 2 is 1.24 bits per heavy atom. The van der Waals surface area contributed by atoms with Crippen LogP contribution in [0.3, 0.4) is 0 Å². The number of esters is 1. The summed E-state index contributed by atoms with van der Waals surface area (Å²) in [5.41, 5.74) is 4.95. The Kier molecular flexibility index (Phi) is 4.76. The van der Waals surface area contributed by atoms with Gasteiger partial charge < -0.3 is 9.47 Å². The molecule has 3 aromatic carbocycles. The minimum atomic E-state index is -0.501. The summed E-state index contributed by atoms with van der Waals surface area (Å²) in [6.45, 7) is 0.00963. The minimum Gasteiger partial charge on any atom is -0.497 e. The zero-order chi connectivity index (χ0) is 23.4. The normalized spacial score (nSPS) is 23.9. The second kappa shape index (κ2) is 7.83. The zero-order valence-electron chi connectivity index (χ0n) is 18.6. The second-order valence-corrected chi connectivity index (χ2v) is 8.96. The summed E-state index contributed by atoms with van der Waals surface area (Å²) >= 11 is 0. The SMILES string of the molecule is COc1ccc(C(=O)OCCN2C(=O)[C@@H]3C4c5ccccc5C(c5ccccc54)[C@H]3C2=O)cc1.